The van der Waals surface area contributed by atoms with E-state index >= 15 is 0 Å². The van der Waals surface area contributed by atoms with E-state index in [0.29, 0.717) is 18.7 Å². The van der Waals surface area contributed by atoms with Crippen molar-refractivity contribution >= 4 is 16.9 Å². The lowest BCUT2D eigenvalue weighted by atomic mass is 10.1. The molecule has 0 spiro atoms. The monoisotopic (exact) mass is 427 g/mol. The Bertz CT molecular complexity index is 1240. The summed E-state index contributed by atoms with van der Waals surface area (Å²) in [5.41, 5.74) is 5.99. The normalized spacial score (nSPS) is 11.0. The van der Waals surface area contributed by atoms with E-state index in [2.05, 4.69) is 48.0 Å². The summed E-state index contributed by atoms with van der Waals surface area (Å²) in [6.07, 6.45) is 0.840. The highest BCUT2D eigenvalue weighted by Crippen LogP contribution is 2.20. The van der Waals surface area contributed by atoms with Crippen molar-refractivity contribution < 1.29 is 9.53 Å². The van der Waals surface area contributed by atoms with Crippen molar-refractivity contribution in [2.24, 2.45) is 0 Å². The molecule has 5 nitrogen and oxygen atoms in total. The summed E-state index contributed by atoms with van der Waals surface area (Å²) in [4.78, 5) is 17.4. The predicted molar refractivity (Wildman–Crippen MR) is 128 cm³/mol. The minimum absolute atomic E-state index is 0.0834. The number of carbonyl (C=O) groups is 1. The van der Waals surface area contributed by atoms with Gasteiger partial charge >= 0.3 is 0 Å². The average Bonchev–Trinajstić information content (AvgIpc) is 3.15. The second kappa shape index (κ2) is 9.69. The molecule has 0 unspecified atom stereocenters. The fourth-order valence-electron chi connectivity index (χ4n) is 3.86. The lowest BCUT2D eigenvalue weighted by molar-refractivity contribution is 0.0949. The number of rotatable bonds is 8. The highest BCUT2D eigenvalue weighted by atomic mass is 16.5. The Morgan fingerprint density at radius 2 is 1.75 bits per heavy atom. The third-order valence-corrected chi connectivity index (χ3v) is 5.66. The fraction of sp³-hybridized carbons (Fsp3) is 0.259. The van der Waals surface area contributed by atoms with Gasteiger partial charge in [-0.05, 0) is 68.1 Å². The molecule has 0 aliphatic rings. The van der Waals surface area contributed by atoms with Crippen LogP contribution in [0.4, 0.5) is 0 Å². The third-order valence-electron chi connectivity index (χ3n) is 5.66. The number of nitrogens with zero attached hydrogens (tertiary/aromatic N) is 2. The first kappa shape index (κ1) is 21.6. The number of aryl methyl sites for hydroxylation is 4. The average molecular weight is 428 g/mol. The molecule has 3 aromatic carbocycles. The molecule has 0 saturated carbocycles. The molecule has 0 saturated heterocycles. The number of fused-ring (bicyclic) bond motifs is 1. The number of aromatic nitrogens is 2. The zero-order valence-electron chi connectivity index (χ0n) is 18.9. The highest BCUT2D eigenvalue weighted by molar-refractivity contribution is 5.95. The van der Waals surface area contributed by atoms with Gasteiger partial charge in [-0.15, -0.1) is 0 Å². The number of amides is 1. The van der Waals surface area contributed by atoms with E-state index in [0.717, 1.165) is 46.7 Å². The molecule has 0 fully saturated rings. The van der Waals surface area contributed by atoms with Gasteiger partial charge in [0.15, 0.2) is 0 Å². The molecule has 1 N–H and O–H groups in total. The van der Waals surface area contributed by atoms with Crippen LogP contribution in [-0.4, -0.2) is 22.1 Å². The largest absolute Gasteiger partial charge is 0.493 e. The first-order chi connectivity index (χ1) is 15.5. The maximum absolute atomic E-state index is 12.7. The van der Waals surface area contributed by atoms with E-state index < -0.39 is 0 Å². The van der Waals surface area contributed by atoms with Crippen molar-refractivity contribution in [3.05, 3.63) is 94.8 Å². The van der Waals surface area contributed by atoms with Gasteiger partial charge in [0.25, 0.3) is 5.91 Å². The van der Waals surface area contributed by atoms with Gasteiger partial charge in [0.1, 0.15) is 11.6 Å². The van der Waals surface area contributed by atoms with Crippen LogP contribution in [0, 0.1) is 20.8 Å². The number of hydrogen-bond donors (Lipinski definition) is 1. The zero-order chi connectivity index (χ0) is 22.5. The van der Waals surface area contributed by atoms with Crippen LogP contribution in [0.1, 0.15) is 39.3 Å². The minimum Gasteiger partial charge on any atom is -0.493 e. The van der Waals surface area contributed by atoms with Crippen LogP contribution < -0.4 is 10.1 Å². The Hall–Kier alpha value is -3.60. The van der Waals surface area contributed by atoms with Crippen molar-refractivity contribution in [1.82, 2.24) is 14.9 Å². The van der Waals surface area contributed by atoms with Crippen LogP contribution in [0.25, 0.3) is 11.0 Å². The zero-order valence-corrected chi connectivity index (χ0v) is 18.9. The van der Waals surface area contributed by atoms with E-state index in [4.69, 9.17) is 9.72 Å². The molecule has 0 atom stereocenters. The number of carbonyl (C=O) groups excluding carboxylic acids is 1. The molecule has 0 aliphatic heterocycles. The second-order valence-electron chi connectivity index (χ2n) is 8.14. The van der Waals surface area contributed by atoms with Crippen LogP contribution in [0.15, 0.2) is 66.7 Å². The number of imidazole rings is 1. The summed E-state index contributed by atoms with van der Waals surface area (Å²) in [6, 6.07) is 21.9. The number of ether oxygens (including phenoxy) is 1. The number of benzene rings is 3. The molecule has 1 amide bonds. The maximum Gasteiger partial charge on any atom is 0.251 e. The number of para-hydroxylation sites is 2. The molecular formula is C27H29N3O2. The topological polar surface area (TPSA) is 56.1 Å². The van der Waals surface area contributed by atoms with Crippen LogP contribution >= 0.6 is 0 Å². The molecule has 0 bridgehead atoms. The first-order valence-corrected chi connectivity index (χ1v) is 11.0. The summed E-state index contributed by atoms with van der Waals surface area (Å²) < 4.78 is 8.21. The van der Waals surface area contributed by atoms with Gasteiger partial charge in [0.2, 0.25) is 0 Å². The highest BCUT2D eigenvalue weighted by Gasteiger charge is 2.13. The quantitative estimate of drug-likeness (QED) is 0.385. The summed E-state index contributed by atoms with van der Waals surface area (Å²) >= 11 is 0. The van der Waals surface area contributed by atoms with Crippen LogP contribution in [-0.2, 0) is 13.1 Å². The Labute approximate surface area is 189 Å². The molecular weight excluding hydrogens is 398 g/mol. The molecule has 4 rings (SSSR count). The molecule has 1 heterocycles. The van der Waals surface area contributed by atoms with Gasteiger partial charge in [0, 0.05) is 12.1 Å². The van der Waals surface area contributed by atoms with Crippen molar-refractivity contribution in [2.45, 2.75) is 40.3 Å². The standard InChI is InChI=1S/C27H29N3O2/c1-19-13-14-21(3)25(17-19)32-16-8-15-30-24-12-7-6-11-23(24)29-26(30)18-28-27(31)22-10-5-4-9-20(22)2/h4-7,9-14,17H,8,15-16,18H2,1-3H3,(H,28,31). The number of hydrogen-bond acceptors (Lipinski definition) is 3. The summed E-state index contributed by atoms with van der Waals surface area (Å²) in [6.45, 7) is 7.83. The Kier molecular flexibility index (Phi) is 6.55. The van der Waals surface area contributed by atoms with E-state index in [1.54, 1.807) is 0 Å². The molecule has 32 heavy (non-hydrogen) atoms. The van der Waals surface area contributed by atoms with E-state index in [1.807, 2.05) is 49.4 Å². The molecule has 1 aromatic heterocycles. The van der Waals surface area contributed by atoms with Crippen LogP contribution in [0.3, 0.4) is 0 Å². The minimum atomic E-state index is -0.0834. The van der Waals surface area contributed by atoms with Gasteiger partial charge in [-0.1, -0.05) is 42.5 Å². The van der Waals surface area contributed by atoms with Crippen LogP contribution in [0.2, 0.25) is 0 Å². The van der Waals surface area contributed by atoms with Gasteiger partial charge in [-0.25, -0.2) is 4.98 Å². The first-order valence-electron chi connectivity index (χ1n) is 11.0. The van der Waals surface area contributed by atoms with E-state index in [-0.39, 0.29) is 5.91 Å². The van der Waals surface area contributed by atoms with E-state index in [9.17, 15) is 4.79 Å². The molecule has 0 aliphatic carbocycles. The summed E-state index contributed by atoms with van der Waals surface area (Å²) in [5, 5.41) is 3.03. The van der Waals surface area contributed by atoms with Crippen molar-refractivity contribution in [1.29, 1.82) is 0 Å². The van der Waals surface area contributed by atoms with E-state index in [1.165, 1.54) is 5.56 Å². The fourth-order valence-corrected chi connectivity index (χ4v) is 3.86. The van der Waals surface area contributed by atoms with Gasteiger partial charge in [-0.2, -0.15) is 0 Å². The van der Waals surface area contributed by atoms with Crippen molar-refractivity contribution in [3.63, 3.8) is 0 Å². The van der Waals surface area contributed by atoms with Gasteiger partial charge < -0.3 is 14.6 Å². The molecule has 164 valence electrons. The molecule has 0 radical (unpaired) electrons. The Morgan fingerprint density at radius 1 is 0.969 bits per heavy atom. The van der Waals surface area contributed by atoms with Crippen LogP contribution in [0.5, 0.6) is 5.75 Å². The van der Waals surface area contributed by atoms with Gasteiger partial charge in [-0.3, -0.25) is 4.79 Å². The lowest BCUT2D eigenvalue weighted by Gasteiger charge is -2.13. The maximum atomic E-state index is 12.7. The van der Waals surface area contributed by atoms with Crippen molar-refractivity contribution in [2.75, 3.05) is 6.61 Å². The Morgan fingerprint density at radius 3 is 2.59 bits per heavy atom. The Balaban J connectivity index is 1.45. The smallest absolute Gasteiger partial charge is 0.251 e. The SMILES string of the molecule is Cc1ccc(C)c(OCCCn2c(CNC(=O)c3ccccc3C)nc3ccccc32)c1. The number of nitrogens with one attached hydrogen (secondary N) is 1. The molecule has 4 aromatic rings. The predicted octanol–water partition coefficient (Wildman–Crippen LogP) is 5.36. The summed E-state index contributed by atoms with van der Waals surface area (Å²) in [7, 11) is 0. The summed E-state index contributed by atoms with van der Waals surface area (Å²) in [5.74, 6) is 1.70. The lowest BCUT2D eigenvalue weighted by Crippen LogP contribution is -2.25. The molecule has 5 heteroatoms. The second-order valence-corrected chi connectivity index (χ2v) is 8.14. The third kappa shape index (κ3) is 4.83. The van der Waals surface area contributed by atoms with Gasteiger partial charge in [0.05, 0.1) is 24.2 Å². The van der Waals surface area contributed by atoms with Crippen molar-refractivity contribution in [3.8, 4) is 5.75 Å².